The summed E-state index contributed by atoms with van der Waals surface area (Å²) in [5, 5.41) is 8.94. The minimum atomic E-state index is -1.06. The van der Waals surface area contributed by atoms with Gasteiger partial charge in [-0.15, -0.1) is 0 Å². The van der Waals surface area contributed by atoms with Gasteiger partial charge in [-0.25, -0.2) is 4.79 Å². The first kappa shape index (κ1) is 22.1. The quantitative estimate of drug-likeness (QED) is 0.572. The Morgan fingerprint density at radius 3 is 1.96 bits per heavy atom. The number of rotatable bonds is 12. The van der Waals surface area contributed by atoms with E-state index in [1.54, 1.807) is 4.90 Å². The van der Waals surface area contributed by atoms with Gasteiger partial charge < -0.3 is 19.5 Å². The number of ether oxygens (including phenoxy) is 2. The number of carbonyl (C=O) groups excluding carboxylic acids is 1. The first-order chi connectivity index (χ1) is 12.3. The highest BCUT2D eigenvalue weighted by Crippen LogP contribution is 2.07. The highest BCUT2D eigenvalue weighted by molar-refractivity contribution is 5.93. The van der Waals surface area contributed by atoms with Crippen molar-refractivity contribution in [3.63, 3.8) is 0 Å². The monoisotopic (exact) mass is 366 g/mol. The van der Waals surface area contributed by atoms with Crippen LogP contribution >= 0.6 is 0 Å². The molecule has 0 aromatic carbocycles. The molecule has 1 aromatic rings. The van der Waals surface area contributed by atoms with Crippen LogP contribution in [0.3, 0.4) is 0 Å². The maximum absolute atomic E-state index is 12.7. The van der Waals surface area contributed by atoms with Crippen molar-refractivity contribution in [2.75, 3.05) is 26.3 Å². The molecule has 0 atom stereocenters. The van der Waals surface area contributed by atoms with Crippen molar-refractivity contribution >= 4 is 11.9 Å². The number of carbonyl (C=O) groups is 2. The molecule has 0 unspecified atom stereocenters. The summed E-state index contributed by atoms with van der Waals surface area (Å²) in [6.07, 6.45) is 2.97. The molecule has 7 nitrogen and oxygen atoms in total. The Labute approximate surface area is 155 Å². The summed E-state index contributed by atoms with van der Waals surface area (Å²) in [5.41, 5.74) is 0.299. The van der Waals surface area contributed by atoms with E-state index >= 15 is 0 Å². The lowest BCUT2D eigenvalue weighted by Crippen LogP contribution is -2.34. The van der Waals surface area contributed by atoms with Crippen LogP contribution in [0, 0.1) is 0 Å². The minimum Gasteiger partial charge on any atom is -0.478 e. The third-order valence-corrected chi connectivity index (χ3v) is 3.56. The summed E-state index contributed by atoms with van der Waals surface area (Å²) in [6, 6.07) is 2.85. The van der Waals surface area contributed by atoms with Crippen molar-refractivity contribution in [1.29, 1.82) is 0 Å². The Kier molecular flexibility index (Phi) is 9.83. The number of carboxylic acids is 1. The average molecular weight is 366 g/mol. The fraction of sp³-hybridized carbons (Fsp3) is 0.632. The van der Waals surface area contributed by atoms with Crippen molar-refractivity contribution < 1.29 is 24.2 Å². The second kappa shape index (κ2) is 11.6. The summed E-state index contributed by atoms with van der Waals surface area (Å²) < 4.78 is 11.1. The van der Waals surface area contributed by atoms with E-state index in [9.17, 15) is 9.59 Å². The van der Waals surface area contributed by atoms with E-state index in [-0.39, 0.29) is 29.4 Å². The Morgan fingerprint density at radius 2 is 1.58 bits per heavy atom. The van der Waals surface area contributed by atoms with Crippen molar-refractivity contribution in [3.8, 4) is 0 Å². The van der Waals surface area contributed by atoms with Crippen LogP contribution in [0.1, 0.15) is 61.4 Å². The van der Waals surface area contributed by atoms with Gasteiger partial charge >= 0.3 is 5.97 Å². The highest BCUT2D eigenvalue weighted by Gasteiger charge is 2.17. The molecular formula is C19H30N2O5. The van der Waals surface area contributed by atoms with Gasteiger partial charge in [-0.1, -0.05) is 0 Å². The summed E-state index contributed by atoms with van der Waals surface area (Å²) >= 11 is 0. The van der Waals surface area contributed by atoms with Crippen molar-refractivity contribution in [2.45, 2.75) is 52.7 Å². The lowest BCUT2D eigenvalue weighted by molar-refractivity contribution is 0.0534. The smallest absolute Gasteiger partial charge is 0.337 e. The summed E-state index contributed by atoms with van der Waals surface area (Å²) in [4.78, 5) is 29.3. The average Bonchev–Trinajstić information content (AvgIpc) is 2.59. The molecule has 0 aliphatic carbocycles. The number of hydrogen-bond acceptors (Lipinski definition) is 5. The predicted molar refractivity (Wildman–Crippen MR) is 98.5 cm³/mol. The molecule has 1 rings (SSSR count). The molecule has 1 heterocycles. The van der Waals surface area contributed by atoms with E-state index in [4.69, 9.17) is 14.6 Å². The van der Waals surface area contributed by atoms with Crippen molar-refractivity contribution in [1.82, 2.24) is 9.88 Å². The third kappa shape index (κ3) is 8.40. The summed E-state index contributed by atoms with van der Waals surface area (Å²) in [7, 11) is 0. The van der Waals surface area contributed by atoms with Crippen LogP contribution in [-0.2, 0) is 9.47 Å². The fourth-order valence-electron chi connectivity index (χ4n) is 2.27. The zero-order valence-corrected chi connectivity index (χ0v) is 16.1. The van der Waals surface area contributed by atoms with Crippen LogP contribution in [-0.4, -0.2) is 65.4 Å². The summed E-state index contributed by atoms with van der Waals surface area (Å²) in [5.74, 6) is -1.28. The topological polar surface area (TPSA) is 89.0 Å². The molecule has 0 bridgehead atoms. The molecule has 1 aromatic heterocycles. The van der Waals surface area contributed by atoms with E-state index in [0.717, 1.165) is 12.8 Å². The molecule has 0 fully saturated rings. The maximum Gasteiger partial charge on any atom is 0.337 e. The second-order valence-electron chi connectivity index (χ2n) is 6.58. The molecule has 1 amide bonds. The first-order valence-corrected chi connectivity index (χ1v) is 9.03. The van der Waals surface area contributed by atoms with Crippen LogP contribution in [0.15, 0.2) is 18.3 Å². The standard InChI is InChI=1S/C19H30N2O5/c1-14(2)25-11-5-9-21(10-6-12-26-15(3)4)18(22)17-8-7-16(13-20-17)19(23)24/h7-8,13-15H,5-6,9-12H2,1-4H3,(H,23,24). The molecule has 0 radical (unpaired) electrons. The normalized spacial score (nSPS) is 11.2. The number of aromatic nitrogens is 1. The molecular weight excluding hydrogens is 336 g/mol. The van der Waals surface area contributed by atoms with E-state index in [1.165, 1.54) is 18.3 Å². The molecule has 1 N–H and O–H groups in total. The SMILES string of the molecule is CC(C)OCCCN(CCCOC(C)C)C(=O)c1ccc(C(=O)O)cn1. The number of amides is 1. The maximum atomic E-state index is 12.7. The summed E-state index contributed by atoms with van der Waals surface area (Å²) in [6.45, 7) is 10.1. The van der Waals surface area contributed by atoms with Crippen LogP contribution in [0.4, 0.5) is 0 Å². The second-order valence-corrected chi connectivity index (χ2v) is 6.58. The Morgan fingerprint density at radius 1 is 1.04 bits per heavy atom. The number of pyridine rings is 1. The van der Waals surface area contributed by atoms with Crippen LogP contribution in [0.2, 0.25) is 0 Å². The number of carboxylic acid groups (broad SMARTS) is 1. The van der Waals surface area contributed by atoms with Gasteiger partial charge in [0, 0.05) is 32.5 Å². The number of nitrogens with zero attached hydrogens (tertiary/aromatic N) is 2. The van der Waals surface area contributed by atoms with Gasteiger partial charge in [-0.2, -0.15) is 0 Å². The van der Waals surface area contributed by atoms with E-state index in [1.807, 2.05) is 27.7 Å². The molecule has 146 valence electrons. The zero-order chi connectivity index (χ0) is 19.5. The van der Waals surface area contributed by atoms with Crippen LogP contribution < -0.4 is 0 Å². The van der Waals surface area contributed by atoms with Crippen LogP contribution in [0.25, 0.3) is 0 Å². The molecule has 0 aliphatic heterocycles. The Bertz CT molecular complexity index is 542. The molecule has 0 spiro atoms. The van der Waals surface area contributed by atoms with E-state index in [2.05, 4.69) is 4.98 Å². The van der Waals surface area contributed by atoms with Gasteiger partial charge in [0.05, 0.1) is 17.8 Å². The number of aromatic carboxylic acids is 1. The lowest BCUT2D eigenvalue weighted by Gasteiger charge is -2.23. The fourth-order valence-corrected chi connectivity index (χ4v) is 2.27. The largest absolute Gasteiger partial charge is 0.478 e. The molecule has 0 aliphatic rings. The Balaban J connectivity index is 2.67. The van der Waals surface area contributed by atoms with Gasteiger partial charge in [0.2, 0.25) is 0 Å². The minimum absolute atomic E-state index is 0.0590. The van der Waals surface area contributed by atoms with Gasteiger partial charge in [-0.05, 0) is 52.7 Å². The van der Waals surface area contributed by atoms with E-state index in [0.29, 0.717) is 26.3 Å². The molecule has 0 saturated carbocycles. The van der Waals surface area contributed by atoms with Crippen molar-refractivity contribution in [2.24, 2.45) is 0 Å². The van der Waals surface area contributed by atoms with Crippen LogP contribution in [0.5, 0.6) is 0 Å². The predicted octanol–water partition coefficient (Wildman–Crippen LogP) is 2.85. The third-order valence-electron chi connectivity index (χ3n) is 3.56. The van der Waals surface area contributed by atoms with Gasteiger partial charge in [0.15, 0.2) is 0 Å². The zero-order valence-electron chi connectivity index (χ0n) is 16.1. The Hall–Kier alpha value is -1.99. The molecule has 26 heavy (non-hydrogen) atoms. The van der Waals surface area contributed by atoms with Gasteiger partial charge in [-0.3, -0.25) is 9.78 Å². The first-order valence-electron chi connectivity index (χ1n) is 9.03. The molecule has 7 heteroatoms. The highest BCUT2D eigenvalue weighted by atomic mass is 16.5. The molecule has 0 saturated heterocycles. The lowest BCUT2D eigenvalue weighted by atomic mass is 10.2. The number of hydrogen-bond donors (Lipinski definition) is 1. The van der Waals surface area contributed by atoms with Gasteiger partial charge in [0.25, 0.3) is 5.91 Å². The van der Waals surface area contributed by atoms with Gasteiger partial charge in [0.1, 0.15) is 5.69 Å². The van der Waals surface area contributed by atoms with E-state index < -0.39 is 5.97 Å². The van der Waals surface area contributed by atoms with Crippen molar-refractivity contribution in [3.05, 3.63) is 29.6 Å².